The SMILES string of the molecule is COc1ccc(OC)c([C@@H](O)Cn2nc(-c3ccccc3)oc2=O)c1. The van der Waals surface area contributed by atoms with Crippen molar-refractivity contribution in [1.29, 1.82) is 0 Å². The first-order valence-corrected chi connectivity index (χ1v) is 7.65. The monoisotopic (exact) mass is 342 g/mol. The first-order valence-electron chi connectivity index (χ1n) is 7.65. The van der Waals surface area contributed by atoms with Gasteiger partial charge in [0.1, 0.15) is 17.6 Å². The largest absolute Gasteiger partial charge is 0.497 e. The van der Waals surface area contributed by atoms with Gasteiger partial charge in [-0.3, -0.25) is 0 Å². The third kappa shape index (κ3) is 3.56. The Bertz CT molecular complexity index is 901. The highest BCUT2D eigenvalue weighted by atomic mass is 16.5. The second-order valence-electron chi connectivity index (χ2n) is 5.34. The molecule has 0 unspecified atom stereocenters. The third-order valence-corrected chi connectivity index (χ3v) is 3.77. The molecule has 0 spiro atoms. The zero-order valence-corrected chi connectivity index (χ0v) is 13.9. The summed E-state index contributed by atoms with van der Waals surface area (Å²) in [7, 11) is 3.04. The Balaban J connectivity index is 1.88. The summed E-state index contributed by atoms with van der Waals surface area (Å²) >= 11 is 0. The van der Waals surface area contributed by atoms with Crippen molar-refractivity contribution in [3.63, 3.8) is 0 Å². The highest BCUT2D eigenvalue weighted by Crippen LogP contribution is 2.30. The van der Waals surface area contributed by atoms with E-state index in [2.05, 4.69) is 5.10 Å². The molecule has 0 bridgehead atoms. The molecule has 130 valence electrons. The number of aliphatic hydroxyl groups excluding tert-OH is 1. The molecule has 0 fully saturated rings. The Morgan fingerprint density at radius 3 is 2.60 bits per heavy atom. The lowest BCUT2D eigenvalue weighted by molar-refractivity contribution is 0.144. The number of aromatic nitrogens is 2. The van der Waals surface area contributed by atoms with Gasteiger partial charge in [-0.05, 0) is 30.3 Å². The zero-order valence-electron chi connectivity index (χ0n) is 13.9. The normalized spacial score (nSPS) is 12.0. The minimum atomic E-state index is -1.02. The number of rotatable bonds is 6. The summed E-state index contributed by atoms with van der Waals surface area (Å²) in [6, 6.07) is 14.2. The van der Waals surface area contributed by atoms with E-state index in [9.17, 15) is 9.90 Å². The van der Waals surface area contributed by atoms with Gasteiger partial charge < -0.3 is 19.0 Å². The second kappa shape index (κ2) is 7.23. The van der Waals surface area contributed by atoms with E-state index in [0.29, 0.717) is 22.6 Å². The molecular weight excluding hydrogens is 324 g/mol. The van der Waals surface area contributed by atoms with E-state index in [4.69, 9.17) is 13.9 Å². The predicted molar refractivity (Wildman–Crippen MR) is 90.7 cm³/mol. The van der Waals surface area contributed by atoms with Gasteiger partial charge in [0.05, 0.1) is 20.8 Å². The van der Waals surface area contributed by atoms with Crippen molar-refractivity contribution < 1.29 is 19.0 Å². The molecule has 0 radical (unpaired) electrons. The molecule has 0 saturated carbocycles. The van der Waals surface area contributed by atoms with Gasteiger partial charge in [-0.1, -0.05) is 18.2 Å². The molecule has 0 aliphatic heterocycles. The van der Waals surface area contributed by atoms with Crippen LogP contribution in [0.2, 0.25) is 0 Å². The van der Waals surface area contributed by atoms with Crippen LogP contribution in [0.5, 0.6) is 11.5 Å². The van der Waals surface area contributed by atoms with Crippen molar-refractivity contribution in [2.45, 2.75) is 12.6 Å². The molecule has 3 rings (SSSR count). The molecule has 0 aliphatic rings. The summed E-state index contributed by atoms with van der Waals surface area (Å²) in [4.78, 5) is 12.0. The van der Waals surface area contributed by atoms with E-state index < -0.39 is 11.9 Å². The number of hydrogen-bond acceptors (Lipinski definition) is 6. The highest BCUT2D eigenvalue weighted by Gasteiger charge is 2.19. The maximum atomic E-state index is 12.0. The molecule has 0 saturated heterocycles. The van der Waals surface area contributed by atoms with Crippen molar-refractivity contribution >= 4 is 0 Å². The fourth-order valence-corrected chi connectivity index (χ4v) is 2.48. The molecule has 2 aromatic carbocycles. The maximum absolute atomic E-state index is 12.0. The number of ether oxygens (including phenoxy) is 2. The third-order valence-electron chi connectivity index (χ3n) is 3.77. The first-order chi connectivity index (χ1) is 12.1. The topological polar surface area (TPSA) is 86.7 Å². The minimum Gasteiger partial charge on any atom is -0.497 e. The summed E-state index contributed by atoms with van der Waals surface area (Å²) in [6.07, 6.45) is -1.02. The molecule has 3 aromatic rings. The van der Waals surface area contributed by atoms with Gasteiger partial charge in [0.25, 0.3) is 0 Å². The van der Waals surface area contributed by atoms with Crippen LogP contribution in [-0.4, -0.2) is 29.1 Å². The van der Waals surface area contributed by atoms with E-state index in [-0.39, 0.29) is 12.4 Å². The summed E-state index contributed by atoms with van der Waals surface area (Å²) in [5.41, 5.74) is 1.19. The number of hydrogen-bond donors (Lipinski definition) is 1. The van der Waals surface area contributed by atoms with Gasteiger partial charge in [0.2, 0.25) is 5.89 Å². The van der Waals surface area contributed by atoms with E-state index in [0.717, 1.165) is 4.68 Å². The average Bonchev–Trinajstić information content (AvgIpc) is 3.02. The van der Waals surface area contributed by atoms with Crippen molar-refractivity contribution in [3.05, 3.63) is 64.6 Å². The van der Waals surface area contributed by atoms with Crippen LogP contribution in [0, 0.1) is 0 Å². The number of nitrogens with zero attached hydrogens (tertiary/aromatic N) is 2. The van der Waals surface area contributed by atoms with E-state index >= 15 is 0 Å². The average molecular weight is 342 g/mol. The van der Waals surface area contributed by atoms with Crippen LogP contribution in [0.15, 0.2) is 57.7 Å². The Morgan fingerprint density at radius 2 is 1.92 bits per heavy atom. The Morgan fingerprint density at radius 1 is 1.16 bits per heavy atom. The molecule has 1 N–H and O–H groups in total. The predicted octanol–water partition coefficient (Wildman–Crippen LogP) is 2.25. The van der Waals surface area contributed by atoms with E-state index in [1.165, 1.54) is 14.2 Å². The molecular formula is C18H18N2O5. The lowest BCUT2D eigenvalue weighted by Crippen LogP contribution is -2.20. The van der Waals surface area contributed by atoms with Gasteiger partial charge in [-0.2, -0.15) is 4.68 Å². The van der Waals surface area contributed by atoms with Crippen LogP contribution in [0.4, 0.5) is 0 Å². The quantitative estimate of drug-likeness (QED) is 0.739. The zero-order chi connectivity index (χ0) is 17.8. The molecule has 7 heteroatoms. The second-order valence-corrected chi connectivity index (χ2v) is 5.34. The van der Waals surface area contributed by atoms with Crippen LogP contribution in [-0.2, 0) is 6.54 Å². The molecule has 1 atom stereocenters. The summed E-state index contributed by atoms with van der Waals surface area (Å²) in [5, 5.41) is 14.7. The summed E-state index contributed by atoms with van der Waals surface area (Å²) < 4.78 is 16.7. The number of methoxy groups -OCH3 is 2. The van der Waals surface area contributed by atoms with Gasteiger partial charge >= 0.3 is 5.76 Å². The molecule has 7 nitrogen and oxygen atoms in total. The fraction of sp³-hybridized carbons (Fsp3) is 0.222. The van der Waals surface area contributed by atoms with Crippen LogP contribution in [0.25, 0.3) is 11.5 Å². The Labute approximate surface area is 144 Å². The van der Waals surface area contributed by atoms with E-state index in [1.807, 2.05) is 18.2 Å². The lowest BCUT2D eigenvalue weighted by Gasteiger charge is -2.15. The van der Waals surface area contributed by atoms with Crippen molar-refractivity contribution in [3.8, 4) is 23.0 Å². The Kier molecular flexibility index (Phi) is 4.85. The highest BCUT2D eigenvalue weighted by molar-refractivity contribution is 5.51. The van der Waals surface area contributed by atoms with Crippen LogP contribution in [0.3, 0.4) is 0 Å². The van der Waals surface area contributed by atoms with Crippen LogP contribution in [0.1, 0.15) is 11.7 Å². The standard InChI is InChI=1S/C18H18N2O5/c1-23-13-8-9-16(24-2)14(10-13)15(21)11-20-18(22)25-17(19-20)12-6-4-3-5-7-12/h3-10,15,21H,11H2,1-2H3/t15-/m0/s1. The smallest absolute Gasteiger partial charge is 0.437 e. The molecule has 1 heterocycles. The summed E-state index contributed by atoms with van der Waals surface area (Å²) in [5.74, 6) is 0.635. The van der Waals surface area contributed by atoms with Gasteiger partial charge in [0, 0.05) is 11.1 Å². The first kappa shape index (κ1) is 16.8. The van der Waals surface area contributed by atoms with E-state index in [1.54, 1.807) is 30.3 Å². The van der Waals surface area contributed by atoms with Crippen molar-refractivity contribution in [2.24, 2.45) is 0 Å². The Hall–Kier alpha value is -3.06. The van der Waals surface area contributed by atoms with Crippen LogP contribution < -0.4 is 15.2 Å². The summed E-state index contributed by atoms with van der Waals surface area (Å²) in [6.45, 7) is -0.0707. The molecule has 1 aromatic heterocycles. The van der Waals surface area contributed by atoms with Crippen molar-refractivity contribution in [2.75, 3.05) is 14.2 Å². The molecule has 0 aliphatic carbocycles. The molecule has 0 amide bonds. The molecule has 25 heavy (non-hydrogen) atoms. The number of benzene rings is 2. The maximum Gasteiger partial charge on any atom is 0.437 e. The van der Waals surface area contributed by atoms with Gasteiger partial charge in [0.15, 0.2) is 0 Å². The minimum absolute atomic E-state index is 0.0707. The van der Waals surface area contributed by atoms with Gasteiger partial charge in [-0.15, -0.1) is 5.10 Å². The van der Waals surface area contributed by atoms with Crippen LogP contribution >= 0.6 is 0 Å². The lowest BCUT2D eigenvalue weighted by atomic mass is 10.1. The fourth-order valence-electron chi connectivity index (χ4n) is 2.48. The number of aliphatic hydroxyl groups is 1. The van der Waals surface area contributed by atoms with Gasteiger partial charge in [-0.25, -0.2) is 4.79 Å². The van der Waals surface area contributed by atoms with Crippen molar-refractivity contribution in [1.82, 2.24) is 9.78 Å².